The molecule has 0 saturated carbocycles. The number of cyclic esters (lactones) is 1. The number of carbonyl (C=O) groups excluding carboxylic acids is 12. The average Bonchev–Trinajstić information content (AvgIpc) is 1.64. The normalized spacial score (nSPS) is 17.2. The Bertz CT molecular complexity index is 3800. The second-order valence-corrected chi connectivity index (χ2v) is 24.9. The number of aromatic nitrogens is 2. The summed E-state index contributed by atoms with van der Waals surface area (Å²) in [5.74, 6) is -9.78. The number of aliphatic hydroxyl groups is 1. The quantitative estimate of drug-likeness (QED) is 0.0143. The van der Waals surface area contributed by atoms with Crippen molar-refractivity contribution in [2.75, 3.05) is 39.5 Å². The molecule has 5 atom stereocenters. The fraction of sp³-hybridized carbons (Fsp3) is 0.469. The lowest BCUT2D eigenvalue weighted by Crippen LogP contribution is -2.59. The first-order valence-corrected chi connectivity index (χ1v) is 30.2. The van der Waals surface area contributed by atoms with Gasteiger partial charge in [-0.25, -0.2) is 19.0 Å². The number of aryl methyl sites for hydroxylation is 1. The number of ether oxygens (including phenoxy) is 4. The maximum Gasteiger partial charge on any atom is 0.410 e. The van der Waals surface area contributed by atoms with Gasteiger partial charge in [-0.3, -0.25) is 62.5 Å². The standard InChI is InChI=1S/C64H75FN10O18/c1-10-64(89)39-23-45-56-37(28-73(45)59(86)38(39)30-91-60(64)87)55-41(17-16-36-33(2)40(65)24-42(72-56)54(36)55)70-50(80)31-90-32-69-48(78)26-67-57(84)43(22-35-14-12-11-13-15-35)71-49(79)27-66-47(77)25-68-58(85)46(75-51(81)19-20-52(75)82)29-74(61(88)93-63(7,8)9)44(34(3)76)18-21-53(83)92-62(4,5)6/h11-15,19-20,23-24,41,43-44,46,89H,10,16-18,21-22,25-32H2,1-9H3,(H,66,77)(H,67,84)(H,68,85)(H,69,78)(H,70,80)(H,71,79)/t41-,43-,44?,46-,64-/m0/s1. The summed E-state index contributed by atoms with van der Waals surface area (Å²) in [6.07, 6.45) is 0.507. The highest BCUT2D eigenvalue weighted by Crippen LogP contribution is 2.46. The van der Waals surface area contributed by atoms with Crippen LogP contribution in [0.2, 0.25) is 0 Å². The Hall–Kier alpha value is -9.77. The lowest BCUT2D eigenvalue weighted by molar-refractivity contribution is -0.172. The van der Waals surface area contributed by atoms with E-state index in [1.165, 1.54) is 31.4 Å². The van der Waals surface area contributed by atoms with Crippen molar-refractivity contribution in [2.24, 2.45) is 0 Å². The summed E-state index contributed by atoms with van der Waals surface area (Å²) in [5.41, 5.74) is -0.587. The van der Waals surface area contributed by atoms with E-state index in [1.54, 1.807) is 71.0 Å². The molecular formula is C64H75FN10O18. The molecule has 2 aromatic carbocycles. The van der Waals surface area contributed by atoms with Crippen molar-refractivity contribution in [3.05, 3.63) is 110 Å². The summed E-state index contributed by atoms with van der Waals surface area (Å²) >= 11 is 0. The van der Waals surface area contributed by atoms with Crippen LogP contribution in [-0.2, 0) is 103 Å². The van der Waals surface area contributed by atoms with Crippen LogP contribution >= 0.6 is 0 Å². The predicted octanol–water partition coefficient (Wildman–Crippen LogP) is 1.41. The van der Waals surface area contributed by atoms with Crippen molar-refractivity contribution in [3.63, 3.8) is 0 Å². The van der Waals surface area contributed by atoms with Crippen molar-refractivity contribution < 1.29 is 86.0 Å². The summed E-state index contributed by atoms with van der Waals surface area (Å²) in [6, 6.07) is 6.03. The molecule has 2 aromatic heterocycles. The first kappa shape index (κ1) is 69.1. The third kappa shape index (κ3) is 16.1. The third-order valence-electron chi connectivity index (χ3n) is 15.9. The molecule has 8 rings (SSSR count). The molecule has 1 unspecified atom stereocenters. The molecule has 28 nitrogen and oxygen atoms in total. The molecule has 7 N–H and O–H groups in total. The molecule has 0 radical (unpaired) electrons. The van der Waals surface area contributed by atoms with Crippen molar-refractivity contribution in [3.8, 4) is 11.4 Å². The van der Waals surface area contributed by atoms with Crippen molar-refractivity contribution >= 4 is 82.0 Å². The van der Waals surface area contributed by atoms with Gasteiger partial charge in [0.05, 0.1) is 67.3 Å². The van der Waals surface area contributed by atoms with Gasteiger partial charge < -0.3 is 60.5 Å². The number of Topliss-reactive ketones (excluding diaryl/α,β-unsaturated/α-hetero) is 1. The van der Waals surface area contributed by atoms with E-state index < -0.39 is 163 Å². The Morgan fingerprint density at radius 3 is 2.12 bits per heavy atom. The molecular weight excluding hydrogens is 1220 g/mol. The number of esters is 2. The molecule has 5 heterocycles. The first-order chi connectivity index (χ1) is 43.8. The number of ketones is 1. The largest absolute Gasteiger partial charge is 0.460 e. The first-order valence-electron chi connectivity index (χ1n) is 30.2. The summed E-state index contributed by atoms with van der Waals surface area (Å²) in [6.45, 7) is 9.49. The van der Waals surface area contributed by atoms with Crippen LogP contribution < -0.4 is 37.5 Å². The van der Waals surface area contributed by atoms with E-state index in [-0.39, 0.29) is 55.5 Å². The zero-order chi connectivity index (χ0) is 68.0. The number of carbonyl (C=O) groups is 12. The molecule has 3 aliphatic heterocycles. The maximum atomic E-state index is 15.5. The van der Waals surface area contributed by atoms with Gasteiger partial charge in [0.1, 0.15) is 49.0 Å². The fourth-order valence-corrected chi connectivity index (χ4v) is 11.5. The van der Waals surface area contributed by atoms with Crippen molar-refractivity contribution in [1.82, 2.24) is 51.3 Å². The van der Waals surface area contributed by atoms with E-state index in [2.05, 4.69) is 31.9 Å². The Labute approximate surface area is 533 Å². The molecule has 93 heavy (non-hydrogen) atoms. The van der Waals surface area contributed by atoms with Crippen LogP contribution in [-0.4, -0.2) is 164 Å². The predicted molar refractivity (Wildman–Crippen MR) is 326 cm³/mol. The van der Waals surface area contributed by atoms with Crippen LogP contribution in [0.3, 0.4) is 0 Å². The Balaban J connectivity index is 0.849. The maximum absolute atomic E-state index is 15.5. The topological polar surface area (TPSA) is 376 Å². The van der Waals surface area contributed by atoms with Crippen LogP contribution in [0, 0.1) is 12.7 Å². The van der Waals surface area contributed by atoms with Gasteiger partial charge in [-0.1, -0.05) is 37.3 Å². The number of hydrogen-bond donors (Lipinski definition) is 7. The van der Waals surface area contributed by atoms with E-state index in [4.69, 9.17) is 23.9 Å². The minimum Gasteiger partial charge on any atom is -0.460 e. The second-order valence-electron chi connectivity index (χ2n) is 24.9. The SMILES string of the molecule is CC[C@@]1(O)C(=O)OCc2c1cc1n(c2=O)Cc2c-1nc1cc(F)c(C)c3c1c2[C@@H](NC(=O)COCNC(=O)CNC(=O)[C@H](Cc1ccccc1)NC(=O)CNC(=O)CNC(=O)[C@H](CN(C(=O)OC(C)(C)C)C(CCC(=O)OC(C)(C)C)C(C)=O)N1C(=O)C=CC1=O)CC3. The Morgan fingerprint density at radius 2 is 1.47 bits per heavy atom. The molecule has 4 aromatic rings. The summed E-state index contributed by atoms with van der Waals surface area (Å²) in [7, 11) is 0. The van der Waals surface area contributed by atoms with Gasteiger partial charge in [-0.05, 0) is 109 Å². The number of rotatable bonds is 25. The highest BCUT2D eigenvalue weighted by atomic mass is 19.1. The molecule has 4 aliphatic rings. The smallest absolute Gasteiger partial charge is 0.410 e. The van der Waals surface area contributed by atoms with Gasteiger partial charge in [-0.2, -0.15) is 0 Å². The Kier molecular flexibility index (Phi) is 21.1. The average molecular weight is 1290 g/mol. The number of pyridine rings is 2. The van der Waals surface area contributed by atoms with Gasteiger partial charge in [0.15, 0.2) is 11.4 Å². The van der Waals surface area contributed by atoms with Gasteiger partial charge in [0.2, 0.25) is 35.4 Å². The lowest BCUT2D eigenvalue weighted by Gasteiger charge is -2.36. The molecule has 9 amide bonds. The number of nitrogens with zero attached hydrogens (tertiary/aromatic N) is 4. The number of hydrogen-bond acceptors (Lipinski definition) is 19. The van der Waals surface area contributed by atoms with Crippen LogP contribution in [0.4, 0.5) is 9.18 Å². The minimum absolute atomic E-state index is 0.0183. The number of benzene rings is 2. The number of imide groups is 1. The Morgan fingerprint density at radius 1 is 0.828 bits per heavy atom. The van der Waals surface area contributed by atoms with Gasteiger partial charge >= 0.3 is 18.0 Å². The summed E-state index contributed by atoms with van der Waals surface area (Å²) in [4.78, 5) is 180. The van der Waals surface area contributed by atoms with E-state index in [1.807, 2.05) is 0 Å². The second kappa shape index (κ2) is 28.4. The van der Waals surface area contributed by atoms with Crippen LogP contribution in [0.1, 0.15) is 126 Å². The van der Waals surface area contributed by atoms with Gasteiger partial charge in [0, 0.05) is 47.6 Å². The fourth-order valence-electron chi connectivity index (χ4n) is 11.5. The van der Waals surface area contributed by atoms with E-state index in [9.17, 15) is 67.4 Å². The highest BCUT2D eigenvalue weighted by Gasteiger charge is 2.47. The monoisotopic (exact) mass is 1290 g/mol. The highest BCUT2D eigenvalue weighted by molar-refractivity contribution is 6.15. The molecule has 496 valence electrons. The molecule has 29 heteroatoms. The zero-order valence-corrected chi connectivity index (χ0v) is 53.0. The molecule has 0 spiro atoms. The van der Waals surface area contributed by atoms with Crippen LogP contribution in [0.5, 0.6) is 0 Å². The van der Waals surface area contributed by atoms with Gasteiger partial charge in [-0.15, -0.1) is 0 Å². The van der Waals surface area contributed by atoms with Crippen molar-refractivity contribution in [1.29, 1.82) is 0 Å². The van der Waals surface area contributed by atoms with E-state index >= 15 is 4.39 Å². The van der Waals surface area contributed by atoms with Crippen LogP contribution in [0.25, 0.3) is 22.3 Å². The number of halogens is 1. The number of fused-ring (bicyclic) bond motifs is 5. The molecule has 0 fully saturated rings. The summed E-state index contributed by atoms with van der Waals surface area (Å²) in [5, 5.41) is 27.0. The third-order valence-corrected chi connectivity index (χ3v) is 15.9. The van der Waals surface area contributed by atoms with E-state index in [0.29, 0.717) is 62.3 Å². The zero-order valence-electron chi connectivity index (χ0n) is 53.0. The molecule has 0 saturated heterocycles. The van der Waals surface area contributed by atoms with Crippen molar-refractivity contribution in [2.45, 2.75) is 155 Å². The lowest BCUT2D eigenvalue weighted by atomic mass is 9.81. The summed E-state index contributed by atoms with van der Waals surface area (Å²) < 4.78 is 38.6. The number of amides is 9. The number of nitrogens with one attached hydrogen (secondary N) is 6. The van der Waals surface area contributed by atoms with Crippen LogP contribution in [0.15, 0.2) is 59.4 Å². The van der Waals surface area contributed by atoms with Gasteiger partial charge in [0.25, 0.3) is 17.4 Å². The minimum atomic E-state index is -2.08. The van der Waals surface area contributed by atoms with E-state index in [0.717, 1.165) is 24.0 Å². The molecule has 0 bridgehead atoms. The molecule has 1 aliphatic carbocycles.